The molecule has 0 aliphatic carbocycles. The first-order valence-corrected chi connectivity index (χ1v) is 8.90. The minimum atomic E-state index is 0.0730. The first-order valence-electron chi connectivity index (χ1n) is 8.90. The number of benzene rings is 2. The van der Waals surface area contributed by atoms with Crippen molar-refractivity contribution in [3.8, 4) is 11.1 Å². The Hall–Kier alpha value is -3.60. The predicted octanol–water partition coefficient (Wildman–Crippen LogP) is 4.65. The molecular weight excluding hydrogens is 334 g/mol. The second-order valence-corrected chi connectivity index (χ2v) is 6.59. The Kier molecular flexibility index (Phi) is 3.64. The smallest absolute Gasteiger partial charge is 0.132 e. The van der Waals surface area contributed by atoms with Crippen molar-refractivity contribution in [3.05, 3.63) is 84.8 Å². The number of hydrogen-bond acceptors (Lipinski definition) is 4. The number of aromatic nitrogens is 5. The van der Waals surface area contributed by atoms with Crippen LogP contribution in [0.3, 0.4) is 0 Å². The highest BCUT2D eigenvalue weighted by molar-refractivity contribution is 6.03. The summed E-state index contributed by atoms with van der Waals surface area (Å²) in [6, 6.07) is 20.7. The highest BCUT2D eigenvalue weighted by Crippen LogP contribution is 2.30. The topological polar surface area (TPSA) is 56.5 Å². The number of rotatable bonds is 3. The number of fused-ring (bicyclic) bond motifs is 3. The molecule has 0 aliphatic rings. The van der Waals surface area contributed by atoms with Crippen LogP contribution < -0.4 is 0 Å². The standard InChI is InChI=1S/C22H17N5/c1-15(16-6-3-2-4-7-16)27-22-19-12-17(18-8-5-11-23-13-18)9-10-20(19)24-14-21(22)25-26-27/h2-15H,1H3/t15-/m1/s1. The first kappa shape index (κ1) is 15.6. The van der Waals surface area contributed by atoms with Gasteiger partial charge in [-0.1, -0.05) is 47.7 Å². The van der Waals surface area contributed by atoms with Crippen molar-refractivity contribution in [2.75, 3.05) is 0 Å². The summed E-state index contributed by atoms with van der Waals surface area (Å²) >= 11 is 0. The summed E-state index contributed by atoms with van der Waals surface area (Å²) in [5, 5.41) is 9.84. The molecule has 0 bridgehead atoms. The second kappa shape index (κ2) is 6.29. The lowest BCUT2D eigenvalue weighted by atomic mass is 10.0. The van der Waals surface area contributed by atoms with Crippen molar-refractivity contribution in [3.63, 3.8) is 0 Å². The zero-order chi connectivity index (χ0) is 18.2. The van der Waals surface area contributed by atoms with Crippen LogP contribution in [0.4, 0.5) is 0 Å². The maximum Gasteiger partial charge on any atom is 0.132 e. The normalized spacial score (nSPS) is 12.5. The molecule has 1 atom stereocenters. The van der Waals surface area contributed by atoms with E-state index in [2.05, 4.69) is 57.5 Å². The van der Waals surface area contributed by atoms with Gasteiger partial charge in [-0.15, -0.1) is 5.10 Å². The number of hydrogen-bond donors (Lipinski definition) is 0. The molecule has 0 amide bonds. The Morgan fingerprint density at radius 3 is 2.56 bits per heavy atom. The van der Waals surface area contributed by atoms with E-state index < -0.39 is 0 Å². The van der Waals surface area contributed by atoms with Crippen molar-refractivity contribution in [2.45, 2.75) is 13.0 Å². The summed E-state index contributed by atoms with van der Waals surface area (Å²) in [7, 11) is 0. The highest BCUT2D eigenvalue weighted by Gasteiger charge is 2.16. The molecule has 0 fully saturated rings. The fourth-order valence-electron chi connectivity index (χ4n) is 3.48. The maximum atomic E-state index is 4.56. The summed E-state index contributed by atoms with van der Waals surface area (Å²) in [5.74, 6) is 0. The van der Waals surface area contributed by atoms with Crippen molar-refractivity contribution >= 4 is 21.9 Å². The monoisotopic (exact) mass is 351 g/mol. The van der Waals surface area contributed by atoms with E-state index in [9.17, 15) is 0 Å². The highest BCUT2D eigenvalue weighted by atomic mass is 15.4. The van der Waals surface area contributed by atoms with Gasteiger partial charge >= 0.3 is 0 Å². The molecule has 5 rings (SSSR count). The Morgan fingerprint density at radius 2 is 1.74 bits per heavy atom. The van der Waals surface area contributed by atoms with E-state index in [4.69, 9.17) is 0 Å². The molecule has 5 heteroatoms. The summed E-state index contributed by atoms with van der Waals surface area (Å²) in [4.78, 5) is 8.79. The lowest BCUT2D eigenvalue weighted by Crippen LogP contribution is -2.08. The van der Waals surface area contributed by atoms with Crippen molar-refractivity contribution < 1.29 is 0 Å². The van der Waals surface area contributed by atoms with E-state index in [0.717, 1.165) is 33.1 Å². The van der Waals surface area contributed by atoms with Crippen LogP contribution in [0.1, 0.15) is 18.5 Å². The third-order valence-electron chi connectivity index (χ3n) is 4.94. The third kappa shape index (κ3) is 2.64. The molecule has 0 radical (unpaired) electrons. The van der Waals surface area contributed by atoms with Gasteiger partial charge in [0.2, 0.25) is 0 Å². The number of nitrogens with zero attached hydrogens (tertiary/aromatic N) is 5. The van der Waals surface area contributed by atoms with Gasteiger partial charge in [-0.25, -0.2) is 4.68 Å². The minimum Gasteiger partial charge on any atom is -0.264 e. The van der Waals surface area contributed by atoms with Gasteiger partial charge in [-0.2, -0.15) is 0 Å². The fraction of sp³-hybridized carbons (Fsp3) is 0.0909. The van der Waals surface area contributed by atoms with Crippen LogP contribution in [0.15, 0.2) is 79.3 Å². The first-order chi connectivity index (χ1) is 13.3. The van der Waals surface area contributed by atoms with Crippen LogP contribution in [-0.4, -0.2) is 25.0 Å². The van der Waals surface area contributed by atoms with Crippen LogP contribution in [0.2, 0.25) is 0 Å². The lowest BCUT2D eigenvalue weighted by molar-refractivity contribution is 0.561. The van der Waals surface area contributed by atoms with Gasteiger partial charge in [-0.05, 0) is 36.2 Å². The van der Waals surface area contributed by atoms with E-state index in [1.165, 1.54) is 5.56 Å². The van der Waals surface area contributed by atoms with E-state index in [0.29, 0.717) is 0 Å². The van der Waals surface area contributed by atoms with Crippen LogP contribution in [0.5, 0.6) is 0 Å². The van der Waals surface area contributed by atoms with Crippen molar-refractivity contribution in [1.82, 2.24) is 25.0 Å². The molecule has 0 unspecified atom stereocenters. The summed E-state index contributed by atoms with van der Waals surface area (Å²) in [6.07, 6.45) is 5.45. The SMILES string of the molecule is C[C@H](c1ccccc1)n1nnc2cnc3ccc(-c4cccnc4)cc3c21. The minimum absolute atomic E-state index is 0.0730. The van der Waals surface area contributed by atoms with Crippen LogP contribution >= 0.6 is 0 Å². The van der Waals surface area contributed by atoms with Gasteiger partial charge in [0, 0.05) is 23.3 Å². The average Bonchev–Trinajstić information content (AvgIpc) is 3.19. The van der Waals surface area contributed by atoms with E-state index in [-0.39, 0.29) is 6.04 Å². The molecule has 0 saturated heterocycles. The molecule has 0 spiro atoms. The molecule has 27 heavy (non-hydrogen) atoms. The Morgan fingerprint density at radius 1 is 0.852 bits per heavy atom. The van der Waals surface area contributed by atoms with Gasteiger partial charge in [0.15, 0.2) is 0 Å². The van der Waals surface area contributed by atoms with E-state index >= 15 is 0 Å². The van der Waals surface area contributed by atoms with E-state index in [1.807, 2.05) is 41.2 Å². The molecule has 0 saturated carbocycles. The maximum absolute atomic E-state index is 4.56. The van der Waals surface area contributed by atoms with Crippen LogP contribution in [-0.2, 0) is 0 Å². The molecule has 3 aromatic heterocycles. The van der Waals surface area contributed by atoms with Gasteiger partial charge < -0.3 is 0 Å². The molecule has 2 aromatic carbocycles. The van der Waals surface area contributed by atoms with Gasteiger partial charge in [-0.3, -0.25) is 9.97 Å². The lowest BCUT2D eigenvalue weighted by Gasteiger charge is -2.14. The molecule has 0 N–H and O–H groups in total. The van der Waals surface area contributed by atoms with Crippen molar-refractivity contribution in [1.29, 1.82) is 0 Å². The third-order valence-corrected chi connectivity index (χ3v) is 4.94. The van der Waals surface area contributed by atoms with Gasteiger partial charge in [0.05, 0.1) is 17.8 Å². The number of pyridine rings is 2. The summed E-state index contributed by atoms with van der Waals surface area (Å²) < 4.78 is 1.99. The zero-order valence-corrected chi connectivity index (χ0v) is 14.8. The van der Waals surface area contributed by atoms with Crippen LogP contribution in [0, 0.1) is 0 Å². The predicted molar refractivity (Wildman–Crippen MR) is 106 cm³/mol. The molecule has 5 nitrogen and oxygen atoms in total. The Balaban J connectivity index is 1.75. The molecular formula is C22H17N5. The molecule has 3 heterocycles. The zero-order valence-electron chi connectivity index (χ0n) is 14.8. The van der Waals surface area contributed by atoms with Gasteiger partial charge in [0.25, 0.3) is 0 Å². The Bertz CT molecular complexity index is 1230. The summed E-state index contributed by atoms with van der Waals surface area (Å²) in [6.45, 7) is 2.14. The Labute approximate surface area is 156 Å². The average molecular weight is 351 g/mol. The fourth-order valence-corrected chi connectivity index (χ4v) is 3.48. The van der Waals surface area contributed by atoms with Gasteiger partial charge in [0.1, 0.15) is 11.0 Å². The quantitative estimate of drug-likeness (QED) is 0.475. The largest absolute Gasteiger partial charge is 0.264 e. The summed E-state index contributed by atoms with van der Waals surface area (Å²) in [5.41, 5.74) is 6.10. The molecule has 0 aliphatic heterocycles. The molecule has 130 valence electrons. The second-order valence-electron chi connectivity index (χ2n) is 6.59. The van der Waals surface area contributed by atoms with Crippen LogP contribution in [0.25, 0.3) is 33.1 Å². The van der Waals surface area contributed by atoms with E-state index in [1.54, 1.807) is 12.4 Å². The van der Waals surface area contributed by atoms with Crippen molar-refractivity contribution in [2.24, 2.45) is 0 Å². The molecule has 5 aromatic rings.